The maximum Gasteiger partial charge on any atom is 0.337 e. The van der Waals surface area contributed by atoms with Gasteiger partial charge in [0.1, 0.15) is 24.1 Å². The van der Waals surface area contributed by atoms with Gasteiger partial charge in [-0.05, 0) is 30.8 Å². The largest absolute Gasteiger partial charge is 0.457 e. The van der Waals surface area contributed by atoms with E-state index in [1.807, 2.05) is 30.3 Å². The molecular weight excluding hydrogens is 403 g/mol. The quantitative estimate of drug-likeness (QED) is 0.425. The summed E-state index contributed by atoms with van der Waals surface area (Å²) in [7, 11) is 0. The Balaban J connectivity index is 1.80. The highest BCUT2D eigenvalue weighted by molar-refractivity contribution is 7.71. The third-order valence-electron chi connectivity index (χ3n) is 4.94. The first kappa shape index (κ1) is 19.8. The number of carbonyl (C=O) groups excluding carboxylic acids is 1. The Kier molecular flexibility index (Phi) is 5.33. The Morgan fingerprint density at radius 1 is 1.20 bits per heavy atom. The number of nitrogen functional groups attached to an aromatic ring is 1. The number of esters is 1. The molecule has 1 aliphatic rings. The lowest BCUT2D eigenvalue weighted by Crippen LogP contribution is -2.27. The highest BCUT2D eigenvalue weighted by atomic mass is 32.1. The molecule has 0 saturated heterocycles. The van der Waals surface area contributed by atoms with Gasteiger partial charge in [-0.25, -0.2) is 14.2 Å². The van der Waals surface area contributed by atoms with Gasteiger partial charge in [0.05, 0.1) is 11.5 Å². The van der Waals surface area contributed by atoms with Crippen molar-refractivity contribution in [3.63, 3.8) is 0 Å². The average Bonchev–Trinajstić information content (AvgIpc) is 2.72. The predicted molar refractivity (Wildman–Crippen MR) is 115 cm³/mol. The molecular formula is C22H19FN4O2S. The number of halogens is 1. The SMILES string of the molecule is CC1=C(C(=O)OCc2ccccc2)C(c2ccccc2F)c2c(nc(=S)[nH]c2N)N1. The summed E-state index contributed by atoms with van der Waals surface area (Å²) in [5.41, 5.74) is 8.56. The Morgan fingerprint density at radius 2 is 1.90 bits per heavy atom. The van der Waals surface area contributed by atoms with Gasteiger partial charge in [0.15, 0.2) is 4.77 Å². The highest BCUT2D eigenvalue weighted by Crippen LogP contribution is 2.44. The fourth-order valence-electron chi connectivity index (χ4n) is 3.59. The number of hydrogen-bond donors (Lipinski definition) is 3. The maximum absolute atomic E-state index is 14.8. The fraction of sp³-hybridized carbons (Fsp3) is 0.136. The van der Waals surface area contributed by atoms with Crippen LogP contribution in [0.2, 0.25) is 0 Å². The van der Waals surface area contributed by atoms with Crippen molar-refractivity contribution in [2.45, 2.75) is 19.4 Å². The van der Waals surface area contributed by atoms with Gasteiger partial charge in [-0.3, -0.25) is 0 Å². The summed E-state index contributed by atoms with van der Waals surface area (Å²) in [6, 6.07) is 15.6. The van der Waals surface area contributed by atoms with Gasteiger partial charge in [-0.1, -0.05) is 48.5 Å². The molecule has 152 valence electrons. The second kappa shape index (κ2) is 8.08. The molecule has 1 aliphatic heterocycles. The van der Waals surface area contributed by atoms with Crippen LogP contribution in [0, 0.1) is 10.6 Å². The normalized spacial score (nSPS) is 15.3. The van der Waals surface area contributed by atoms with E-state index in [4.69, 9.17) is 22.7 Å². The molecule has 6 nitrogen and oxygen atoms in total. The average molecular weight is 422 g/mol. The number of allylic oxidation sites excluding steroid dienone is 1. The first-order valence-electron chi connectivity index (χ1n) is 9.28. The number of nitrogens with one attached hydrogen (secondary N) is 2. The lowest BCUT2D eigenvalue weighted by Gasteiger charge is -2.30. The fourth-order valence-corrected chi connectivity index (χ4v) is 3.79. The number of nitrogens with two attached hydrogens (primary N) is 1. The Morgan fingerprint density at radius 3 is 2.63 bits per heavy atom. The van der Waals surface area contributed by atoms with Crippen molar-refractivity contribution in [3.8, 4) is 0 Å². The maximum atomic E-state index is 14.8. The van der Waals surface area contributed by atoms with E-state index in [9.17, 15) is 9.18 Å². The number of ether oxygens (including phenoxy) is 1. The lowest BCUT2D eigenvalue weighted by molar-refractivity contribution is -0.140. The number of fused-ring (bicyclic) bond motifs is 1. The van der Waals surface area contributed by atoms with Crippen molar-refractivity contribution in [1.82, 2.24) is 9.97 Å². The van der Waals surface area contributed by atoms with Crippen LogP contribution in [0.3, 0.4) is 0 Å². The number of anilines is 2. The predicted octanol–water partition coefficient (Wildman–Crippen LogP) is 4.44. The number of nitrogens with zero attached hydrogens (tertiary/aromatic N) is 1. The molecule has 0 spiro atoms. The van der Waals surface area contributed by atoms with Gasteiger partial charge in [0.25, 0.3) is 0 Å². The summed E-state index contributed by atoms with van der Waals surface area (Å²) in [5.74, 6) is -1.22. The topological polar surface area (TPSA) is 93.0 Å². The number of aromatic amines is 1. The van der Waals surface area contributed by atoms with Crippen molar-refractivity contribution >= 4 is 29.8 Å². The molecule has 0 amide bonds. The van der Waals surface area contributed by atoms with Crippen molar-refractivity contribution in [2.24, 2.45) is 0 Å². The number of H-pyrrole nitrogens is 1. The van der Waals surface area contributed by atoms with E-state index in [1.165, 1.54) is 6.07 Å². The van der Waals surface area contributed by atoms with E-state index < -0.39 is 17.7 Å². The second-order valence-electron chi connectivity index (χ2n) is 6.90. The molecule has 3 aromatic rings. The zero-order chi connectivity index (χ0) is 21.3. The summed E-state index contributed by atoms with van der Waals surface area (Å²) >= 11 is 5.11. The molecule has 0 bridgehead atoms. The molecule has 30 heavy (non-hydrogen) atoms. The first-order chi connectivity index (χ1) is 14.5. The Hall–Kier alpha value is -3.52. The van der Waals surface area contributed by atoms with Gasteiger partial charge < -0.3 is 20.8 Å². The molecule has 2 aromatic carbocycles. The van der Waals surface area contributed by atoms with E-state index in [0.717, 1.165) is 5.56 Å². The molecule has 8 heteroatoms. The standard InChI is InChI=1S/C22H19FN4O2S/c1-12-16(21(28)29-11-13-7-3-2-4-8-13)17(14-9-5-6-10-15(14)23)18-19(24)26-22(30)27-20(18)25-12/h2-10,17H,11H2,1H3,(H4,24,25,26,27,30). The summed E-state index contributed by atoms with van der Waals surface area (Å²) in [6.07, 6.45) is 0. The van der Waals surface area contributed by atoms with Crippen LogP contribution >= 0.6 is 12.2 Å². The van der Waals surface area contributed by atoms with E-state index in [0.29, 0.717) is 22.6 Å². The molecule has 0 radical (unpaired) electrons. The van der Waals surface area contributed by atoms with Crippen LogP contribution in [-0.2, 0) is 16.1 Å². The highest BCUT2D eigenvalue weighted by Gasteiger charge is 2.37. The minimum Gasteiger partial charge on any atom is -0.457 e. The third kappa shape index (κ3) is 3.69. The minimum absolute atomic E-state index is 0.0955. The van der Waals surface area contributed by atoms with Crippen LogP contribution in [0.25, 0.3) is 0 Å². The Bertz CT molecular complexity index is 1210. The van der Waals surface area contributed by atoms with Gasteiger partial charge in [0, 0.05) is 16.8 Å². The van der Waals surface area contributed by atoms with Crippen molar-refractivity contribution in [2.75, 3.05) is 11.1 Å². The van der Waals surface area contributed by atoms with Crippen LogP contribution in [0.15, 0.2) is 65.9 Å². The lowest BCUT2D eigenvalue weighted by atomic mass is 9.81. The van der Waals surface area contributed by atoms with E-state index >= 15 is 0 Å². The molecule has 0 saturated carbocycles. The first-order valence-corrected chi connectivity index (χ1v) is 9.69. The molecule has 0 fully saturated rings. The zero-order valence-corrected chi connectivity index (χ0v) is 16.9. The summed E-state index contributed by atoms with van der Waals surface area (Å²) in [5, 5.41) is 3.07. The smallest absolute Gasteiger partial charge is 0.337 e. The van der Waals surface area contributed by atoms with Crippen molar-refractivity contribution in [1.29, 1.82) is 0 Å². The summed E-state index contributed by atoms with van der Waals surface area (Å²) in [4.78, 5) is 20.2. The molecule has 0 aliphatic carbocycles. The van der Waals surface area contributed by atoms with Crippen LogP contribution in [0.1, 0.15) is 29.5 Å². The van der Waals surface area contributed by atoms with Crippen molar-refractivity contribution < 1.29 is 13.9 Å². The minimum atomic E-state index is -0.801. The molecule has 1 atom stereocenters. The number of hydrogen-bond acceptors (Lipinski definition) is 6. The van der Waals surface area contributed by atoms with Gasteiger partial charge in [-0.2, -0.15) is 0 Å². The molecule has 4 rings (SSSR count). The van der Waals surface area contributed by atoms with E-state index in [2.05, 4.69) is 15.3 Å². The Labute approximate surface area is 177 Å². The van der Waals surface area contributed by atoms with Crippen LogP contribution in [0.4, 0.5) is 16.0 Å². The zero-order valence-electron chi connectivity index (χ0n) is 16.1. The second-order valence-corrected chi connectivity index (χ2v) is 7.28. The monoisotopic (exact) mass is 422 g/mol. The van der Waals surface area contributed by atoms with Gasteiger partial charge in [0.2, 0.25) is 0 Å². The number of aromatic nitrogens is 2. The van der Waals surface area contributed by atoms with Crippen molar-refractivity contribution in [3.05, 3.63) is 93.1 Å². The van der Waals surface area contributed by atoms with Crippen LogP contribution in [-0.4, -0.2) is 15.9 Å². The third-order valence-corrected chi connectivity index (χ3v) is 5.13. The molecule has 4 N–H and O–H groups in total. The number of benzene rings is 2. The van der Waals surface area contributed by atoms with Crippen LogP contribution in [0.5, 0.6) is 0 Å². The van der Waals surface area contributed by atoms with Gasteiger partial charge >= 0.3 is 5.97 Å². The number of rotatable bonds is 4. The summed E-state index contributed by atoms with van der Waals surface area (Å²) < 4.78 is 20.6. The van der Waals surface area contributed by atoms with Gasteiger partial charge in [-0.15, -0.1) is 0 Å². The molecule has 1 aromatic heterocycles. The summed E-state index contributed by atoms with van der Waals surface area (Å²) in [6.45, 7) is 1.81. The van der Waals surface area contributed by atoms with E-state index in [-0.39, 0.29) is 22.8 Å². The molecule has 1 unspecified atom stereocenters. The number of carbonyl (C=O) groups is 1. The van der Waals surface area contributed by atoms with Crippen LogP contribution < -0.4 is 11.1 Å². The van der Waals surface area contributed by atoms with E-state index in [1.54, 1.807) is 25.1 Å². The molecule has 2 heterocycles.